The molecule has 0 bridgehead atoms. The maximum absolute atomic E-state index is 9.75. The van der Waals surface area contributed by atoms with E-state index >= 15 is 0 Å². The molecule has 0 saturated carbocycles. The number of phenolic OH excluding ortho intramolecular Hbond substituents is 1. The SMILES string of the molecule is CC(=Nc1ccccc1C)c1ccccc1O. The number of para-hydroxylation sites is 2. The van der Waals surface area contributed by atoms with E-state index in [-0.39, 0.29) is 5.75 Å². The van der Waals surface area contributed by atoms with Gasteiger partial charge in [-0.05, 0) is 37.6 Å². The Kier molecular flexibility index (Phi) is 3.24. The molecule has 0 aromatic heterocycles. The maximum Gasteiger partial charge on any atom is 0.124 e. The van der Waals surface area contributed by atoms with Crippen molar-refractivity contribution < 1.29 is 5.11 Å². The van der Waals surface area contributed by atoms with Crippen molar-refractivity contribution in [1.29, 1.82) is 0 Å². The highest BCUT2D eigenvalue weighted by molar-refractivity contribution is 6.02. The Balaban J connectivity index is 2.42. The monoisotopic (exact) mass is 225 g/mol. The van der Waals surface area contributed by atoms with E-state index in [4.69, 9.17) is 0 Å². The molecule has 2 heteroatoms. The highest BCUT2D eigenvalue weighted by Crippen LogP contribution is 2.22. The van der Waals surface area contributed by atoms with Crippen LogP contribution in [0.3, 0.4) is 0 Å². The number of aliphatic imine (C=N–C) groups is 1. The van der Waals surface area contributed by atoms with Crippen LogP contribution in [0.2, 0.25) is 0 Å². The fourth-order valence-electron chi connectivity index (χ4n) is 1.71. The lowest BCUT2D eigenvalue weighted by Gasteiger charge is -2.05. The van der Waals surface area contributed by atoms with Crippen LogP contribution in [0.4, 0.5) is 5.69 Å². The van der Waals surface area contributed by atoms with E-state index in [1.807, 2.05) is 50.2 Å². The molecule has 0 spiro atoms. The quantitative estimate of drug-likeness (QED) is 0.774. The molecular formula is C15H15NO. The third-order valence-electron chi connectivity index (χ3n) is 2.70. The lowest BCUT2D eigenvalue weighted by molar-refractivity contribution is 0.474. The number of aromatic hydroxyl groups is 1. The van der Waals surface area contributed by atoms with E-state index in [9.17, 15) is 5.11 Å². The van der Waals surface area contributed by atoms with E-state index in [1.54, 1.807) is 12.1 Å². The van der Waals surface area contributed by atoms with Crippen molar-refractivity contribution in [2.45, 2.75) is 13.8 Å². The minimum Gasteiger partial charge on any atom is -0.507 e. The van der Waals surface area contributed by atoms with Gasteiger partial charge in [0.2, 0.25) is 0 Å². The van der Waals surface area contributed by atoms with Crippen LogP contribution in [0.25, 0.3) is 0 Å². The Morgan fingerprint density at radius 1 is 1.00 bits per heavy atom. The minimum atomic E-state index is 0.266. The van der Waals surface area contributed by atoms with Gasteiger partial charge in [-0.3, -0.25) is 4.99 Å². The summed E-state index contributed by atoms with van der Waals surface area (Å²) in [6.07, 6.45) is 0. The summed E-state index contributed by atoms with van der Waals surface area (Å²) in [5, 5.41) is 9.75. The standard InChI is InChI=1S/C15H15NO/c1-11-7-3-5-9-14(11)16-12(2)13-8-4-6-10-15(13)17/h3-10,17H,1-2H3. The molecule has 0 unspecified atom stereocenters. The van der Waals surface area contributed by atoms with Crippen molar-refractivity contribution in [2.75, 3.05) is 0 Å². The predicted octanol–water partition coefficient (Wildman–Crippen LogP) is 3.84. The first-order valence-electron chi connectivity index (χ1n) is 5.58. The van der Waals surface area contributed by atoms with Crippen LogP contribution < -0.4 is 0 Å². The van der Waals surface area contributed by atoms with E-state index in [2.05, 4.69) is 4.99 Å². The van der Waals surface area contributed by atoms with Crippen LogP contribution in [0.5, 0.6) is 5.75 Å². The van der Waals surface area contributed by atoms with Crippen molar-refractivity contribution in [3.05, 3.63) is 59.7 Å². The Hall–Kier alpha value is -2.09. The Bertz CT molecular complexity index is 558. The minimum absolute atomic E-state index is 0.266. The second-order valence-corrected chi connectivity index (χ2v) is 4.00. The Morgan fingerprint density at radius 3 is 2.35 bits per heavy atom. The molecule has 0 heterocycles. The molecule has 0 saturated heterocycles. The highest BCUT2D eigenvalue weighted by atomic mass is 16.3. The van der Waals surface area contributed by atoms with Crippen LogP contribution in [0, 0.1) is 6.92 Å². The first-order valence-corrected chi connectivity index (χ1v) is 5.58. The van der Waals surface area contributed by atoms with Crippen LogP contribution in [-0.2, 0) is 0 Å². The summed E-state index contributed by atoms with van der Waals surface area (Å²) < 4.78 is 0. The average Bonchev–Trinajstić information content (AvgIpc) is 2.32. The zero-order chi connectivity index (χ0) is 12.3. The summed E-state index contributed by atoms with van der Waals surface area (Å²) in [5.74, 6) is 0.266. The molecular weight excluding hydrogens is 210 g/mol. The smallest absolute Gasteiger partial charge is 0.124 e. The van der Waals surface area contributed by atoms with E-state index in [0.717, 1.165) is 22.5 Å². The third kappa shape index (κ3) is 2.53. The highest BCUT2D eigenvalue weighted by Gasteiger charge is 2.03. The molecule has 0 atom stereocenters. The molecule has 86 valence electrons. The van der Waals surface area contributed by atoms with E-state index in [1.165, 1.54) is 0 Å². The van der Waals surface area contributed by atoms with Gasteiger partial charge >= 0.3 is 0 Å². The second kappa shape index (κ2) is 4.83. The topological polar surface area (TPSA) is 32.6 Å². The predicted molar refractivity (Wildman–Crippen MR) is 71.2 cm³/mol. The zero-order valence-corrected chi connectivity index (χ0v) is 10.0. The van der Waals surface area contributed by atoms with Gasteiger partial charge in [0.15, 0.2) is 0 Å². The molecule has 0 fully saturated rings. The number of phenols is 1. The van der Waals surface area contributed by atoms with Gasteiger partial charge < -0.3 is 5.11 Å². The fourth-order valence-corrected chi connectivity index (χ4v) is 1.71. The Morgan fingerprint density at radius 2 is 1.65 bits per heavy atom. The van der Waals surface area contributed by atoms with Crippen LogP contribution >= 0.6 is 0 Å². The summed E-state index contributed by atoms with van der Waals surface area (Å²) in [6.45, 7) is 3.93. The van der Waals surface area contributed by atoms with Gasteiger partial charge in [0.05, 0.1) is 5.69 Å². The molecule has 1 N–H and O–H groups in total. The molecule has 2 aromatic rings. The number of hydrogen-bond acceptors (Lipinski definition) is 2. The largest absolute Gasteiger partial charge is 0.507 e. The summed E-state index contributed by atoms with van der Waals surface area (Å²) in [6, 6.07) is 15.2. The number of aryl methyl sites for hydroxylation is 1. The molecule has 17 heavy (non-hydrogen) atoms. The molecule has 2 nitrogen and oxygen atoms in total. The van der Waals surface area contributed by atoms with Gasteiger partial charge in [-0.25, -0.2) is 0 Å². The molecule has 0 aliphatic heterocycles. The van der Waals surface area contributed by atoms with E-state index in [0.29, 0.717) is 0 Å². The van der Waals surface area contributed by atoms with Gasteiger partial charge in [0.25, 0.3) is 0 Å². The molecule has 0 aliphatic rings. The number of rotatable bonds is 2. The lowest BCUT2D eigenvalue weighted by Crippen LogP contribution is -1.94. The number of hydrogen-bond donors (Lipinski definition) is 1. The zero-order valence-electron chi connectivity index (χ0n) is 10.0. The number of benzene rings is 2. The lowest BCUT2D eigenvalue weighted by atomic mass is 10.1. The summed E-state index contributed by atoms with van der Waals surface area (Å²) in [7, 11) is 0. The van der Waals surface area contributed by atoms with Gasteiger partial charge in [-0.2, -0.15) is 0 Å². The first-order chi connectivity index (χ1) is 8.18. The van der Waals surface area contributed by atoms with Gasteiger partial charge in [-0.15, -0.1) is 0 Å². The molecule has 0 amide bonds. The summed E-state index contributed by atoms with van der Waals surface area (Å²) in [5.41, 5.74) is 3.66. The fraction of sp³-hybridized carbons (Fsp3) is 0.133. The van der Waals surface area contributed by atoms with Gasteiger partial charge in [0.1, 0.15) is 5.75 Å². The van der Waals surface area contributed by atoms with Crippen molar-refractivity contribution in [1.82, 2.24) is 0 Å². The molecule has 0 radical (unpaired) electrons. The van der Waals surface area contributed by atoms with Crippen molar-refractivity contribution in [3.8, 4) is 5.75 Å². The van der Waals surface area contributed by atoms with Gasteiger partial charge in [0, 0.05) is 11.3 Å². The average molecular weight is 225 g/mol. The van der Waals surface area contributed by atoms with Gasteiger partial charge in [-0.1, -0.05) is 30.3 Å². The van der Waals surface area contributed by atoms with E-state index < -0.39 is 0 Å². The van der Waals surface area contributed by atoms with Crippen molar-refractivity contribution in [2.24, 2.45) is 4.99 Å². The molecule has 2 rings (SSSR count). The second-order valence-electron chi connectivity index (χ2n) is 4.00. The van der Waals surface area contributed by atoms with Crippen LogP contribution in [0.15, 0.2) is 53.5 Å². The summed E-state index contributed by atoms with van der Waals surface area (Å²) in [4.78, 5) is 4.55. The normalized spacial score (nSPS) is 11.5. The van der Waals surface area contributed by atoms with Crippen molar-refractivity contribution in [3.63, 3.8) is 0 Å². The molecule has 2 aromatic carbocycles. The first kappa shape index (κ1) is 11.4. The number of nitrogens with zero attached hydrogens (tertiary/aromatic N) is 1. The maximum atomic E-state index is 9.75. The summed E-state index contributed by atoms with van der Waals surface area (Å²) >= 11 is 0. The Labute approximate surface area is 101 Å². The molecule has 0 aliphatic carbocycles. The van der Waals surface area contributed by atoms with Crippen molar-refractivity contribution >= 4 is 11.4 Å². The van der Waals surface area contributed by atoms with Crippen LogP contribution in [-0.4, -0.2) is 10.8 Å². The van der Waals surface area contributed by atoms with Crippen LogP contribution in [0.1, 0.15) is 18.1 Å². The third-order valence-corrected chi connectivity index (χ3v) is 2.70.